The lowest BCUT2D eigenvalue weighted by Crippen LogP contribution is -2.05. The van der Waals surface area contributed by atoms with E-state index in [1.165, 1.54) is 0 Å². The Balaban J connectivity index is 2.17. The molecule has 1 aromatic heterocycles. The number of nitrogens with one attached hydrogen (secondary N) is 1. The number of aromatic nitrogens is 2. The smallest absolute Gasteiger partial charge is 0.223 e. The van der Waals surface area contributed by atoms with Crippen molar-refractivity contribution in [2.45, 2.75) is 30.2 Å². The monoisotopic (exact) mass is 293 g/mol. The largest absolute Gasteiger partial charge is 0.354 e. The maximum Gasteiger partial charge on any atom is 0.223 e. The van der Waals surface area contributed by atoms with Crippen molar-refractivity contribution in [2.24, 2.45) is 0 Å². The van der Waals surface area contributed by atoms with E-state index in [1.54, 1.807) is 11.8 Å². The van der Waals surface area contributed by atoms with Crippen LogP contribution in [0.4, 0.5) is 5.95 Å². The highest BCUT2D eigenvalue weighted by Crippen LogP contribution is 2.28. The summed E-state index contributed by atoms with van der Waals surface area (Å²) < 4.78 is 0. The van der Waals surface area contributed by atoms with Crippen LogP contribution < -0.4 is 5.32 Å². The Bertz CT molecular complexity index is 560. The third kappa shape index (κ3) is 4.40. The van der Waals surface area contributed by atoms with Crippen LogP contribution in [0.5, 0.6) is 0 Å². The van der Waals surface area contributed by atoms with Crippen LogP contribution in [0.25, 0.3) is 0 Å². The lowest BCUT2D eigenvalue weighted by molar-refractivity contribution is 0.924. The summed E-state index contributed by atoms with van der Waals surface area (Å²) >= 11 is 7.57. The molecule has 2 rings (SSSR count). The number of anilines is 1. The molecule has 0 aliphatic carbocycles. The van der Waals surface area contributed by atoms with E-state index in [0.29, 0.717) is 5.95 Å². The molecule has 0 bridgehead atoms. The molecule has 1 aromatic carbocycles. The lowest BCUT2D eigenvalue weighted by Gasteiger charge is -2.07. The molecule has 1 N–H and O–H groups in total. The van der Waals surface area contributed by atoms with Crippen LogP contribution in [0.1, 0.15) is 19.0 Å². The number of rotatable bonds is 5. The Morgan fingerprint density at radius 3 is 2.84 bits per heavy atom. The van der Waals surface area contributed by atoms with Gasteiger partial charge in [-0.25, -0.2) is 9.97 Å². The van der Waals surface area contributed by atoms with Crippen LogP contribution in [0.2, 0.25) is 5.02 Å². The molecule has 0 spiro atoms. The number of nitrogens with zero attached hydrogens (tertiary/aromatic N) is 2. The molecule has 3 nitrogen and oxygen atoms in total. The summed E-state index contributed by atoms with van der Waals surface area (Å²) in [7, 11) is 0. The van der Waals surface area contributed by atoms with Gasteiger partial charge in [0.2, 0.25) is 5.95 Å². The van der Waals surface area contributed by atoms with Crippen LogP contribution in [0, 0.1) is 6.92 Å². The predicted octanol–water partition coefficient (Wildman–Crippen LogP) is 4.41. The summed E-state index contributed by atoms with van der Waals surface area (Å²) in [5.41, 5.74) is 0.957. The van der Waals surface area contributed by atoms with Crippen molar-refractivity contribution >= 4 is 29.3 Å². The van der Waals surface area contributed by atoms with E-state index >= 15 is 0 Å². The Kier molecular flexibility index (Phi) is 5.05. The zero-order chi connectivity index (χ0) is 13.7. The quantitative estimate of drug-likeness (QED) is 0.829. The normalized spacial score (nSPS) is 10.5. The first kappa shape index (κ1) is 14.2. The minimum Gasteiger partial charge on any atom is -0.354 e. The SMILES string of the molecule is CCCNc1nc(C)cc(Sc2cccc(Cl)c2)n1. The van der Waals surface area contributed by atoms with E-state index in [2.05, 4.69) is 22.2 Å². The highest BCUT2D eigenvalue weighted by molar-refractivity contribution is 7.99. The second kappa shape index (κ2) is 6.78. The van der Waals surface area contributed by atoms with Gasteiger partial charge in [-0.3, -0.25) is 0 Å². The van der Waals surface area contributed by atoms with Crippen LogP contribution >= 0.6 is 23.4 Å². The molecule has 100 valence electrons. The molecule has 0 atom stereocenters. The van der Waals surface area contributed by atoms with Gasteiger partial charge in [-0.1, -0.05) is 36.4 Å². The molecule has 0 saturated heterocycles. The molecular formula is C14H16ClN3S. The van der Waals surface area contributed by atoms with E-state index in [0.717, 1.165) is 33.6 Å². The molecule has 1 heterocycles. The van der Waals surface area contributed by atoms with Gasteiger partial charge in [0.15, 0.2) is 0 Å². The first-order valence-electron chi connectivity index (χ1n) is 6.20. The molecule has 0 saturated carbocycles. The van der Waals surface area contributed by atoms with Gasteiger partial charge < -0.3 is 5.32 Å². The molecule has 0 fully saturated rings. The number of hydrogen-bond donors (Lipinski definition) is 1. The predicted molar refractivity (Wildman–Crippen MR) is 81.1 cm³/mol. The Labute approximate surface area is 122 Å². The fourth-order valence-electron chi connectivity index (χ4n) is 1.56. The van der Waals surface area contributed by atoms with Crippen LogP contribution in [-0.4, -0.2) is 16.5 Å². The highest BCUT2D eigenvalue weighted by atomic mass is 35.5. The average molecular weight is 294 g/mol. The van der Waals surface area contributed by atoms with Crippen LogP contribution in [0.15, 0.2) is 40.3 Å². The number of benzene rings is 1. The van der Waals surface area contributed by atoms with Crippen molar-refractivity contribution in [3.05, 3.63) is 41.0 Å². The van der Waals surface area contributed by atoms with Gasteiger partial charge in [-0.05, 0) is 37.6 Å². The molecule has 5 heteroatoms. The third-order valence-corrected chi connectivity index (χ3v) is 3.53. The van der Waals surface area contributed by atoms with Crippen molar-refractivity contribution in [2.75, 3.05) is 11.9 Å². The molecule has 0 radical (unpaired) electrons. The zero-order valence-electron chi connectivity index (χ0n) is 11.0. The van der Waals surface area contributed by atoms with Crippen molar-refractivity contribution in [1.82, 2.24) is 9.97 Å². The lowest BCUT2D eigenvalue weighted by atomic mass is 10.4. The zero-order valence-corrected chi connectivity index (χ0v) is 12.6. The molecule has 2 aromatic rings. The van der Waals surface area contributed by atoms with E-state index in [1.807, 2.05) is 37.3 Å². The Morgan fingerprint density at radius 1 is 1.26 bits per heavy atom. The van der Waals surface area contributed by atoms with Gasteiger partial charge in [0.05, 0.1) is 0 Å². The topological polar surface area (TPSA) is 37.8 Å². The van der Waals surface area contributed by atoms with Crippen molar-refractivity contribution in [3.63, 3.8) is 0 Å². The van der Waals surface area contributed by atoms with Gasteiger partial charge in [0.1, 0.15) is 5.03 Å². The number of halogens is 1. The summed E-state index contributed by atoms with van der Waals surface area (Å²) in [6.45, 7) is 4.97. The average Bonchev–Trinajstić information content (AvgIpc) is 2.35. The van der Waals surface area contributed by atoms with Gasteiger partial charge in [-0.2, -0.15) is 0 Å². The van der Waals surface area contributed by atoms with Gasteiger partial charge in [-0.15, -0.1) is 0 Å². The third-order valence-electron chi connectivity index (χ3n) is 2.38. The summed E-state index contributed by atoms with van der Waals surface area (Å²) in [4.78, 5) is 9.94. The maximum absolute atomic E-state index is 5.98. The number of hydrogen-bond acceptors (Lipinski definition) is 4. The Morgan fingerprint density at radius 2 is 2.11 bits per heavy atom. The van der Waals surface area contributed by atoms with Crippen molar-refractivity contribution in [3.8, 4) is 0 Å². The first-order valence-corrected chi connectivity index (χ1v) is 7.40. The van der Waals surface area contributed by atoms with Crippen LogP contribution in [-0.2, 0) is 0 Å². The minimum atomic E-state index is 0.686. The van der Waals surface area contributed by atoms with Crippen molar-refractivity contribution in [1.29, 1.82) is 0 Å². The molecule has 0 aliphatic rings. The summed E-state index contributed by atoms with van der Waals surface area (Å²) in [6.07, 6.45) is 1.05. The van der Waals surface area contributed by atoms with Crippen molar-refractivity contribution < 1.29 is 0 Å². The molecule has 0 amide bonds. The molecular weight excluding hydrogens is 278 g/mol. The molecule has 0 unspecified atom stereocenters. The number of aryl methyl sites for hydroxylation is 1. The van der Waals surface area contributed by atoms with Gasteiger partial charge in [0, 0.05) is 22.2 Å². The Hall–Kier alpha value is -1.26. The first-order chi connectivity index (χ1) is 9.17. The van der Waals surface area contributed by atoms with E-state index in [-0.39, 0.29) is 0 Å². The van der Waals surface area contributed by atoms with Gasteiger partial charge in [0.25, 0.3) is 0 Å². The molecule has 0 aliphatic heterocycles. The summed E-state index contributed by atoms with van der Waals surface area (Å²) in [5.74, 6) is 0.686. The second-order valence-electron chi connectivity index (χ2n) is 4.16. The fourth-order valence-corrected chi connectivity index (χ4v) is 2.75. The maximum atomic E-state index is 5.98. The summed E-state index contributed by atoms with van der Waals surface area (Å²) in [6, 6.07) is 9.73. The van der Waals surface area contributed by atoms with Crippen LogP contribution in [0.3, 0.4) is 0 Å². The van der Waals surface area contributed by atoms with E-state index in [9.17, 15) is 0 Å². The minimum absolute atomic E-state index is 0.686. The standard InChI is InChI=1S/C14H16ClN3S/c1-3-7-16-14-17-10(2)8-13(18-14)19-12-6-4-5-11(15)9-12/h4-6,8-9H,3,7H2,1-2H3,(H,16,17,18). The van der Waals surface area contributed by atoms with Gasteiger partial charge >= 0.3 is 0 Å². The fraction of sp³-hybridized carbons (Fsp3) is 0.286. The second-order valence-corrected chi connectivity index (χ2v) is 5.69. The highest BCUT2D eigenvalue weighted by Gasteiger charge is 2.04. The van der Waals surface area contributed by atoms with E-state index in [4.69, 9.17) is 11.6 Å². The van der Waals surface area contributed by atoms with E-state index < -0.39 is 0 Å². The molecule has 19 heavy (non-hydrogen) atoms. The summed E-state index contributed by atoms with van der Waals surface area (Å²) in [5, 5.41) is 4.87.